The summed E-state index contributed by atoms with van der Waals surface area (Å²) in [4.78, 5) is 16.4. The van der Waals surface area contributed by atoms with Crippen LogP contribution in [0.4, 0.5) is 0 Å². The van der Waals surface area contributed by atoms with Crippen molar-refractivity contribution in [2.24, 2.45) is 0 Å². The summed E-state index contributed by atoms with van der Waals surface area (Å²) in [5.41, 5.74) is 1.46. The zero-order valence-electron chi connectivity index (χ0n) is 17.3. The lowest BCUT2D eigenvalue weighted by Crippen LogP contribution is -1.99. The highest BCUT2D eigenvalue weighted by atomic mass is 127. The molecule has 168 valence electrons. The number of benzene rings is 2. The maximum Gasteiger partial charge on any atom is 0.342 e. The van der Waals surface area contributed by atoms with Gasteiger partial charge in [-0.2, -0.15) is 0 Å². The normalized spacial score (nSPS) is 11.3. The van der Waals surface area contributed by atoms with Crippen molar-refractivity contribution >= 4 is 69.0 Å². The summed E-state index contributed by atoms with van der Waals surface area (Å²) >= 11 is 5.32. The molecule has 0 aliphatic rings. The zero-order chi connectivity index (χ0) is 23.3. The smallest absolute Gasteiger partial charge is 0.342 e. The van der Waals surface area contributed by atoms with E-state index in [1.165, 1.54) is 0 Å². The topological polar surface area (TPSA) is 107 Å². The molecule has 1 aromatic heterocycles. The fourth-order valence-electron chi connectivity index (χ4n) is 2.69. The minimum atomic E-state index is -1.07. The molecule has 0 atom stereocenters. The van der Waals surface area contributed by atoms with Crippen molar-refractivity contribution in [2.75, 3.05) is 20.8 Å². The zero-order valence-corrected chi connectivity index (χ0v) is 22.4. The second kappa shape index (κ2) is 11.2. The Balaban J connectivity index is 1.89. The van der Waals surface area contributed by atoms with Crippen LogP contribution < -0.4 is 14.2 Å². The summed E-state index contributed by atoms with van der Waals surface area (Å²) in [6.07, 6.45) is 1.59. The first kappa shape index (κ1) is 24.6. The first-order valence-electron chi connectivity index (χ1n) is 9.25. The van der Waals surface area contributed by atoms with E-state index in [0.717, 1.165) is 30.2 Å². The standard InChI is InChI=1S/C21H19I2N3O5S/c1-4-31-18-15(22)5-11(6-16(18)23)7-17(20(27)28)32-21-24-19(25-26-21)12-8-13(29-2)10-14(9-12)30-3/h5-10H,4H2,1-3H3,(H,27,28)(H,24,25,26)/b17-7-. The van der Waals surface area contributed by atoms with Gasteiger partial charge in [0.1, 0.15) is 22.2 Å². The van der Waals surface area contributed by atoms with Gasteiger partial charge >= 0.3 is 5.97 Å². The lowest BCUT2D eigenvalue weighted by Gasteiger charge is -2.10. The maximum absolute atomic E-state index is 11.9. The van der Waals surface area contributed by atoms with E-state index in [4.69, 9.17) is 14.2 Å². The molecule has 0 spiro atoms. The number of carboxylic acid groups (broad SMARTS) is 1. The number of halogens is 2. The molecule has 0 radical (unpaired) electrons. The lowest BCUT2D eigenvalue weighted by atomic mass is 10.2. The van der Waals surface area contributed by atoms with Gasteiger partial charge in [0.25, 0.3) is 0 Å². The molecule has 2 aromatic carbocycles. The number of methoxy groups -OCH3 is 2. The van der Waals surface area contributed by atoms with Gasteiger partial charge in [-0.15, -0.1) is 5.10 Å². The molecular formula is C21H19I2N3O5S. The highest BCUT2D eigenvalue weighted by Crippen LogP contribution is 2.33. The summed E-state index contributed by atoms with van der Waals surface area (Å²) in [5.74, 6) is 1.41. The molecule has 3 rings (SSSR count). The van der Waals surface area contributed by atoms with Crippen molar-refractivity contribution in [3.8, 4) is 28.6 Å². The van der Waals surface area contributed by atoms with Gasteiger partial charge in [-0.05, 0) is 99.8 Å². The molecule has 0 aliphatic carbocycles. The molecule has 0 fully saturated rings. The van der Waals surface area contributed by atoms with Crippen LogP contribution in [0.25, 0.3) is 17.5 Å². The highest BCUT2D eigenvalue weighted by molar-refractivity contribution is 14.1. The van der Waals surface area contributed by atoms with Crippen LogP contribution >= 0.6 is 56.9 Å². The van der Waals surface area contributed by atoms with Gasteiger partial charge in [0.15, 0.2) is 5.82 Å². The highest BCUT2D eigenvalue weighted by Gasteiger charge is 2.16. The largest absolute Gasteiger partial charge is 0.497 e. The van der Waals surface area contributed by atoms with Crippen LogP contribution in [0.5, 0.6) is 17.2 Å². The number of hydrogen-bond donors (Lipinski definition) is 2. The third-order valence-corrected chi connectivity index (χ3v) is 6.59. The van der Waals surface area contributed by atoms with Gasteiger partial charge in [-0.1, -0.05) is 0 Å². The minimum Gasteiger partial charge on any atom is -0.497 e. The van der Waals surface area contributed by atoms with Crippen LogP contribution in [0.3, 0.4) is 0 Å². The van der Waals surface area contributed by atoms with Crippen molar-refractivity contribution in [2.45, 2.75) is 12.1 Å². The van der Waals surface area contributed by atoms with Gasteiger partial charge in [-0.3, -0.25) is 5.10 Å². The first-order chi connectivity index (χ1) is 15.3. The number of carbonyl (C=O) groups is 1. The molecule has 32 heavy (non-hydrogen) atoms. The van der Waals surface area contributed by atoms with Crippen molar-refractivity contribution in [1.82, 2.24) is 15.2 Å². The van der Waals surface area contributed by atoms with Crippen molar-refractivity contribution < 1.29 is 24.1 Å². The Bertz CT molecular complexity index is 1120. The van der Waals surface area contributed by atoms with E-state index >= 15 is 0 Å². The van der Waals surface area contributed by atoms with E-state index in [0.29, 0.717) is 29.5 Å². The van der Waals surface area contributed by atoms with Crippen molar-refractivity contribution in [3.05, 3.63) is 47.9 Å². The molecule has 2 N–H and O–H groups in total. The van der Waals surface area contributed by atoms with Crippen LogP contribution in [0, 0.1) is 7.14 Å². The summed E-state index contributed by atoms with van der Waals surface area (Å²) in [6, 6.07) is 9.08. The third kappa shape index (κ3) is 6.07. The predicted molar refractivity (Wildman–Crippen MR) is 139 cm³/mol. The number of carboxylic acids is 1. The SMILES string of the molecule is CCOc1c(I)cc(/C=C(\Sc2n[nH]c(-c3cc(OC)cc(OC)c3)n2)C(=O)O)cc1I. The summed E-state index contributed by atoms with van der Waals surface area (Å²) in [6.45, 7) is 2.48. The molecule has 0 saturated heterocycles. The Morgan fingerprint density at radius 1 is 1.12 bits per heavy atom. The van der Waals surface area contributed by atoms with Crippen LogP contribution in [0.2, 0.25) is 0 Å². The van der Waals surface area contributed by atoms with Gasteiger partial charge < -0.3 is 19.3 Å². The number of aromatic nitrogens is 3. The number of nitrogens with one attached hydrogen (secondary N) is 1. The minimum absolute atomic E-state index is 0.0922. The quantitative estimate of drug-likeness (QED) is 0.178. The summed E-state index contributed by atoms with van der Waals surface area (Å²) < 4.78 is 18.0. The monoisotopic (exact) mass is 679 g/mol. The maximum atomic E-state index is 11.9. The van der Waals surface area contributed by atoms with Crippen LogP contribution in [-0.2, 0) is 4.79 Å². The average Bonchev–Trinajstić information content (AvgIpc) is 3.24. The molecule has 11 heteroatoms. The van der Waals surface area contributed by atoms with Gasteiger partial charge in [0.2, 0.25) is 5.16 Å². The van der Waals surface area contributed by atoms with E-state index in [-0.39, 0.29) is 10.1 Å². The van der Waals surface area contributed by atoms with Gasteiger partial charge in [0.05, 0.1) is 28.0 Å². The van der Waals surface area contributed by atoms with E-state index in [9.17, 15) is 9.90 Å². The van der Waals surface area contributed by atoms with Crippen molar-refractivity contribution in [1.29, 1.82) is 0 Å². The third-order valence-electron chi connectivity index (χ3n) is 4.11. The summed E-state index contributed by atoms with van der Waals surface area (Å²) in [5, 5.41) is 17.0. The second-order valence-corrected chi connectivity index (χ2v) is 9.56. The number of rotatable bonds is 9. The van der Waals surface area contributed by atoms with Crippen molar-refractivity contribution in [3.63, 3.8) is 0 Å². The fourth-order valence-corrected chi connectivity index (χ4v) is 5.53. The van der Waals surface area contributed by atoms with Gasteiger partial charge in [0, 0.05) is 11.6 Å². The Morgan fingerprint density at radius 2 is 1.75 bits per heavy atom. The van der Waals surface area contributed by atoms with Crippen LogP contribution in [-0.4, -0.2) is 47.1 Å². The number of ether oxygens (including phenoxy) is 3. The number of aliphatic carboxylic acids is 1. The first-order valence-corrected chi connectivity index (χ1v) is 12.2. The molecular weight excluding hydrogens is 660 g/mol. The number of thioether (sulfide) groups is 1. The number of H-pyrrole nitrogens is 1. The van der Waals surface area contributed by atoms with E-state index in [2.05, 4.69) is 60.4 Å². The molecule has 1 heterocycles. The molecule has 0 aliphatic heterocycles. The predicted octanol–water partition coefficient (Wildman–Crippen LogP) is 5.31. The van der Waals surface area contributed by atoms with Crippen LogP contribution in [0.1, 0.15) is 12.5 Å². The molecule has 0 bridgehead atoms. The molecule has 0 amide bonds. The van der Waals surface area contributed by atoms with Crippen LogP contribution in [0.15, 0.2) is 40.4 Å². The fraction of sp³-hybridized carbons (Fsp3) is 0.190. The summed E-state index contributed by atoms with van der Waals surface area (Å²) in [7, 11) is 3.13. The Labute approximate surface area is 216 Å². The molecule has 0 unspecified atom stereocenters. The number of nitrogens with zero attached hydrogens (tertiary/aromatic N) is 2. The average molecular weight is 679 g/mol. The molecule has 0 saturated carbocycles. The second-order valence-electron chi connectivity index (χ2n) is 6.23. The van der Waals surface area contributed by atoms with E-state index < -0.39 is 5.97 Å². The Morgan fingerprint density at radius 3 is 2.28 bits per heavy atom. The van der Waals surface area contributed by atoms with Gasteiger partial charge in [-0.25, -0.2) is 9.78 Å². The Hall–Kier alpha value is -2.00. The van der Waals surface area contributed by atoms with E-state index in [1.54, 1.807) is 38.5 Å². The number of hydrogen-bond acceptors (Lipinski definition) is 7. The van der Waals surface area contributed by atoms with E-state index in [1.807, 2.05) is 19.1 Å². The Kier molecular flexibility index (Phi) is 8.64. The molecule has 3 aromatic rings. The molecule has 8 nitrogen and oxygen atoms in total. The number of aromatic amines is 1. The lowest BCUT2D eigenvalue weighted by molar-refractivity contribution is -0.131.